The summed E-state index contributed by atoms with van der Waals surface area (Å²) >= 11 is 0. The van der Waals surface area contributed by atoms with Gasteiger partial charge in [0.05, 0.1) is 6.04 Å². The molecule has 1 fully saturated rings. The predicted molar refractivity (Wildman–Crippen MR) is 54.9 cm³/mol. The maximum Gasteiger partial charge on any atom is 0.237 e. The van der Waals surface area contributed by atoms with E-state index in [2.05, 4.69) is 10.6 Å². The van der Waals surface area contributed by atoms with Crippen molar-refractivity contribution in [2.45, 2.75) is 12.5 Å². The van der Waals surface area contributed by atoms with Crippen molar-refractivity contribution in [1.29, 1.82) is 0 Å². The Hall–Kier alpha value is -1.49. The lowest BCUT2D eigenvalue weighted by Crippen LogP contribution is -2.53. The number of hydrogen-bond donors (Lipinski definition) is 2. The average Bonchev–Trinajstić information content (AvgIpc) is 2.25. The minimum absolute atomic E-state index is 0.144. The van der Waals surface area contributed by atoms with E-state index in [0.29, 0.717) is 18.7 Å². The average molecular weight is 226 g/mol. The van der Waals surface area contributed by atoms with E-state index in [1.807, 2.05) is 0 Å². The second-order valence-electron chi connectivity index (χ2n) is 3.74. The molecule has 0 bridgehead atoms. The minimum atomic E-state index is -0.611. The third-order valence-corrected chi connectivity index (χ3v) is 2.57. The van der Waals surface area contributed by atoms with E-state index in [4.69, 9.17) is 0 Å². The van der Waals surface area contributed by atoms with Gasteiger partial charge in [0.15, 0.2) is 0 Å². The predicted octanol–water partition coefficient (Wildman–Crippen LogP) is 0.595. The van der Waals surface area contributed by atoms with Crippen LogP contribution in [0.1, 0.15) is 5.56 Å². The zero-order valence-corrected chi connectivity index (χ0v) is 8.59. The molecular weight excluding hydrogens is 214 g/mol. The maximum absolute atomic E-state index is 13.3. The molecule has 2 rings (SSSR count). The second kappa shape index (κ2) is 4.57. The number of nitrogens with one attached hydrogen (secondary N) is 2. The zero-order chi connectivity index (χ0) is 11.5. The molecule has 0 radical (unpaired) electrons. The van der Waals surface area contributed by atoms with Crippen LogP contribution in [0.15, 0.2) is 18.2 Å². The highest BCUT2D eigenvalue weighted by molar-refractivity contribution is 5.82. The second-order valence-corrected chi connectivity index (χ2v) is 3.74. The van der Waals surface area contributed by atoms with E-state index in [9.17, 15) is 13.6 Å². The number of amides is 1. The summed E-state index contributed by atoms with van der Waals surface area (Å²) in [5.41, 5.74) is 0.343. The maximum atomic E-state index is 13.3. The first kappa shape index (κ1) is 11.0. The van der Waals surface area contributed by atoms with Crippen molar-refractivity contribution in [3.8, 4) is 0 Å². The molecule has 3 nitrogen and oxygen atoms in total. The van der Waals surface area contributed by atoms with E-state index in [-0.39, 0.29) is 12.3 Å². The molecule has 0 spiro atoms. The molecule has 0 aliphatic carbocycles. The molecule has 5 heteroatoms. The van der Waals surface area contributed by atoms with Gasteiger partial charge in [-0.05, 0) is 18.1 Å². The van der Waals surface area contributed by atoms with Crippen molar-refractivity contribution in [2.75, 3.05) is 13.1 Å². The third-order valence-electron chi connectivity index (χ3n) is 2.57. The first-order valence-electron chi connectivity index (χ1n) is 5.12. The van der Waals surface area contributed by atoms with Crippen LogP contribution in [0.4, 0.5) is 8.78 Å². The minimum Gasteiger partial charge on any atom is -0.353 e. The molecule has 0 aromatic heterocycles. The molecule has 1 saturated heterocycles. The van der Waals surface area contributed by atoms with Gasteiger partial charge in [-0.15, -0.1) is 0 Å². The molecule has 1 amide bonds. The molecule has 0 saturated carbocycles. The molecule has 1 aromatic rings. The van der Waals surface area contributed by atoms with Crippen molar-refractivity contribution in [1.82, 2.24) is 10.6 Å². The summed E-state index contributed by atoms with van der Waals surface area (Å²) in [7, 11) is 0. The van der Waals surface area contributed by atoms with Crippen LogP contribution in [-0.2, 0) is 11.2 Å². The standard InChI is InChI=1S/C11H12F2N2O/c12-8-2-1-7(9(13)6-8)5-10-11(16)15-4-3-14-10/h1-2,6,10,14H,3-5H2,(H,15,16)/t10-/m1/s1. The molecule has 1 heterocycles. The smallest absolute Gasteiger partial charge is 0.237 e. The van der Waals surface area contributed by atoms with E-state index in [1.165, 1.54) is 12.1 Å². The monoisotopic (exact) mass is 226 g/mol. The molecule has 0 unspecified atom stereocenters. The van der Waals surface area contributed by atoms with Crippen molar-refractivity contribution >= 4 is 5.91 Å². The van der Waals surface area contributed by atoms with Gasteiger partial charge in [-0.3, -0.25) is 4.79 Å². The van der Waals surface area contributed by atoms with Crippen molar-refractivity contribution in [2.24, 2.45) is 0 Å². The normalized spacial score (nSPS) is 20.6. The van der Waals surface area contributed by atoms with Crippen LogP contribution in [0.3, 0.4) is 0 Å². The van der Waals surface area contributed by atoms with Crippen LogP contribution in [0.25, 0.3) is 0 Å². The Morgan fingerprint density at radius 1 is 1.31 bits per heavy atom. The number of carbonyl (C=O) groups is 1. The molecule has 1 aliphatic heterocycles. The summed E-state index contributed by atoms with van der Waals surface area (Å²) in [5.74, 6) is -1.36. The van der Waals surface area contributed by atoms with Gasteiger partial charge in [-0.2, -0.15) is 0 Å². The molecule has 16 heavy (non-hydrogen) atoms. The highest BCUT2D eigenvalue weighted by atomic mass is 19.1. The van der Waals surface area contributed by atoms with E-state index < -0.39 is 17.7 Å². The quantitative estimate of drug-likeness (QED) is 0.775. The van der Waals surface area contributed by atoms with Gasteiger partial charge in [0, 0.05) is 19.2 Å². The Morgan fingerprint density at radius 3 is 2.81 bits per heavy atom. The number of piperazine rings is 1. The summed E-state index contributed by atoms with van der Waals surface area (Å²) in [6, 6.07) is 2.96. The lowest BCUT2D eigenvalue weighted by molar-refractivity contribution is -0.124. The Balaban J connectivity index is 2.10. The molecule has 1 aromatic carbocycles. The van der Waals surface area contributed by atoms with Crippen molar-refractivity contribution in [3.05, 3.63) is 35.4 Å². The van der Waals surface area contributed by atoms with Gasteiger partial charge in [-0.25, -0.2) is 8.78 Å². The molecule has 86 valence electrons. The van der Waals surface area contributed by atoms with Crippen LogP contribution in [0.2, 0.25) is 0 Å². The fourth-order valence-electron chi connectivity index (χ4n) is 1.72. The van der Waals surface area contributed by atoms with Crippen LogP contribution in [0, 0.1) is 11.6 Å². The lowest BCUT2D eigenvalue weighted by Gasteiger charge is -2.23. The summed E-state index contributed by atoms with van der Waals surface area (Å²) in [6.45, 7) is 1.25. The number of halogens is 2. The molecule has 1 aliphatic rings. The van der Waals surface area contributed by atoms with Crippen LogP contribution < -0.4 is 10.6 Å². The highest BCUT2D eigenvalue weighted by Crippen LogP contribution is 2.12. The van der Waals surface area contributed by atoms with Gasteiger partial charge in [0.25, 0.3) is 0 Å². The lowest BCUT2D eigenvalue weighted by atomic mass is 10.0. The van der Waals surface area contributed by atoms with Crippen LogP contribution >= 0.6 is 0 Å². The van der Waals surface area contributed by atoms with Crippen molar-refractivity contribution in [3.63, 3.8) is 0 Å². The first-order valence-corrected chi connectivity index (χ1v) is 5.12. The zero-order valence-electron chi connectivity index (χ0n) is 8.59. The van der Waals surface area contributed by atoms with Gasteiger partial charge >= 0.3 is 0 Å². The number of carbonyl (C=O) groups excluding carboxylic acids is 1. The van der Waals surface area contributed by atoms with E-state index in [0.717, 1.165) is 6.07 Å². The number of benzene rings is 1. The molecule has 1 atom stereocenters. The molecule has 2 N–H and O–H groups in total. The van der Waals surface area contributed by atoms with Crippen molar-refractivity contribution < 1.29 is 13.6 Å². The number of rotatable bonds is 2. The molecular formula is C11H12F2N2O. The first-order chi connectivity index (χ1) is 7.66. The topological polar surface area (TPSA) is 41.1 Å². The Morgan fingerprint density at radius 2 is 2.12 bits per heavy atom. The highest BCUT2D eigenvalue weighted by Gasteiger charge is 2.22. The van der Waals surface area contributed by atoms with Crippen LogP contribution in [0.5, 0.6) is 0 Å². The van der Waals surface area contributed by atoms with Crippen LogP contribution in [-0.4, -0.2) is 25.0 Å². The summed E-state index contributed by atoms with van der Waals surface area (Å²) < 4.78 is 26.0. The number of hydrogen-bond acceptors (Lipinski definition) is 2. The SMILES string of the molecule is O=C1NCCN[C@@H]1Cc1ccc(F)cc1F. The van der Waals surface area contributed by atoms with Gasteiger partial charge in [0.2, 0.25) is 5.91 Å². The van der Waals surface area contributed by atoms with E-state index in [1.54, 1.807) is 0 Å². The third kappa shape index (κ3) is 2.36. The Kier molecular flexibility index (Phi) is 3.14. The fraction of sp³-hybridized carbons (Fsp3) is 0.364. The Labute approximate surface area is 91.8 Å². The summed E-state index contributed by atoms with van der Waals surface area (Å²) in [5, 5.41) is 5.67. The summed E-state index contributed by atoms with van der Waals surface area (Å²) in [6.07, 6.45) is 0.234. The van der Waals surface area contributed by atoms with E-state index >= 15 is 0 Å². The fourth-order valence-corrected chi connectivity index (χ4v) is 1.72. The largest absolute Gasteiger partial charge is 0.353 e. The van der Waals surface area contributed by atoms with Gasteiger partial charge in [-0.1, -0.05) is 6.07 Å². The Bertz CT molecular complexity index is 409. The van der Waals surface area contributed by atoms with Gasteiger partial charge < -0.3 is 10.6 Å². The summed E-state index contributed by atoms with van der Waals surface area (Å²) in [4.78, 5) is 11.4. The van der Waals surface area contributed by atoms with Gasteiger partial charge in [0.1, 0.15) is 11.6 Å².